The van der Waals surface area contributed by atoms with E-state index < -0.39 is 0 Å². The van der Waals surface area contributed by atoms with Crippen LogP contribution in [-0.4, -0.2) is 14.4 Å². The van der Waals surface area contributed by atoms with Crippen LogP contribution in [0.2, 0.25) is 0 Å². The average Bonchev–Trinajstić information content (AvgIpc) is 2.85. The van der Waals surface area contributed by atoms with E-state index >= 15 is 0 Å². The lowest BCUT2D eigenvalue weighted by atomic mass is 10.1. The van der Waals surface area contributed by atoms with Crippen molar-refractivity contribution in [1.82, 2.24) is 14.4 Å². The van der Waals surface area contributed by atoms with Gasteiger partial charge < -0.3 is 4.40 Å². The van der Waals surface area contributed by atoms with Crippen molar-refractivity contribution in [2.24, 2.45) is 0 Å². The predicted molar refractivity (Wildman–Crippen MR) is 66.0 cm³/mol. The lowest BCUT2D eigenvalue weighted by Gasteiger charge is -2.00. The van der Waals surface area contributed by atoms with Gasteiger partial charge in [0.25, 0.3) is 0 Å². The summed E-state index contributed by atoms with van der Waals surface area (Å²) < 4.78 is 2.14. The molecule has 4 rings (SSSR count). The van der Waals surface area contributed by atoms with E-state index in [1.165, 1.54) is 22.4 Å². The summed E-state index contributed by atoms with van der Waals surface area (Å²) in [5.41, 5.74) is 7.28. The van der Waals surface area contributed by atoms with Crippen LogP contribution in [0, 0.1) is 6.92 Å². The summed E-state index contributed by atoms with van der Waals surface area (Å²) in [4.78, 5) is 8.79. The highest BCUT2D eigenvalue weighted by atomic mass is 15.0. The van der Waals surface area contributed by atoms with Crippen LogP contribution in [0.15, 0.2) is 36.8 Å². The minimum Gasteiger partial charge on any atom is -0.300 e. The summed E-state index contributed by atoms with van der Waals surface area (Å²) in [5.74, 6) is 0. The standard InChI is InChI=1S/C14H11N3/c1-9-2-3-10-7-12-14(11(10)6-9)16-13-8-15-4-5-17(12)13/h2-6,8H,7H2,1H3. The van der Waals surface area contributed by atoms with E-state index in [0.29, 0.717) is 0 Å². The highest BCUT2D eigenvalue weighted by molar-refractivity contribution is 5.75. The molecule has 82 valence electrons. The van der Waals surface area contributed by atoms with E-state index in [-0.39, 0.29) is 0 Å². The summed E-state index contributed by atoms with van der Waals surface area (Å²) in [6.07, 6.45) is 6.58. The number of hydrogen-bond donors (Lipinski definition) is 0. The van der Waals surface area contributed by atoms with Crippen LogP contribution >= 0.6 is 0 Å². The van der Waals surface area contributed by atoms with Gasteiger partial charge in [0, 0.05) is 24.4 Å². The van der Waals surface area contributed by atoms with E-state index in [2.05, 4.69) is 39.5 Å². The molecule has 2 heterocycles. The molecule has 0 bridgehead atoms. The van der Waals surface area contributed by atoms with E-state index in [1.54, 1.807) is 0 Å². The molecule has 0 spiro atoms. The number of benzene rings is 1. The molecule has 0 atom stereocenters. The first-order valence-electron chi connectivity index (χ1n) is 5.74. The molecule has 1 aromatic carbocycles. The Bertz CT molecular complexity index is 740. The molecule has 1 aliphatic rings. The molecule has 0 N–H and O–H groups in total. The third-order valence-corrected chi connectivity index (χ3v) is 3.41. The van der Waals surface area contributed by atoms with Crippen molar-refractivity contribution in [3.05, 3.63) is 53.6 Å². The second kappa shape index (κ2) is 2.94. The fourth-order valence-corrected chi connectivity index (χ4v) is 2.59. The number of nitrogens with zero attached hydrogens (tertiary/aromatic N) is 3. The number of hydrogen-bond acceptors (Lipinski definition) is 2. The topological polar surface area (TPSA) is 30.2 Å². The Morgan fingerprint density at radius 1 is 1.29 bits per heavy atom. The molecule has 0 amide bonds. The normalized spacial score (nSPS) is 12.8. The predicted octanol–water partition coefficient (Wildman–Crippen LogP) is 2.61. The molecule has 17 heavy (non-hydrogen) atoms. The summed E-state index contributed by atoms with van der Waals surface area (Å²) in [5, 5.41) is 0. The maximum Gasteiger partial charge on any atom is 0.156 e. The minimum atomic E-state index is 0.935. The fraction of sp³-hybridized carbons (Fsp3) is 0.143. The highest BCUT2D eigenvalue weighted by Gasteiger charge is 2.23. The summed E-state index contributed by atoms with van der Waals surface area (Å²) in [7, 11) is 0. The third-order valence-electron chi connectivity index (χ3n) is 3.41. The van der Waals surface area contributed by atoms with Crippen LogP contribution in [0.1, 0.15) is 16.8 Å². The van der Waals surface area contributed by atoms with Gasteiger partial charge in [0.15, 0.2) is 5.65 Å². The lowest BCUT2D eigenvalue weighted by Crippen LogP contribution is -1.91. The van der Waals surface area contributed by atoms with Crippen molar-refractivity contribution in [2.45, 2.75) is 13.3 Å². The van der Waals surface area contributed by atoms with Crippen molar-refractivity contribution in [3.63, 3.8) is 0 Å². The van der Waals surface area contributed by atoms with Gasteiger partial charge in [-0.3, -0.25) is 4.98 Å². The van der Waals surface area contributed by atoms with Crippen LogP contribution in [-0.2, 0) is 6.42 Å². The Morgan fingerprint density at radius 2 is 2.24 bits per heavy atom. The maximum absolute atomic E-state index is 4.68. The number of aryl methyl sites for hydroxylation is 1. The van der Waals surface area contributed by atoms with Gasteiger partial charge in [-0.15, -0.1) is 0 Å². The largest absolute Gasteiger partial charge is 0.300 e. The van der Waals surface area contributed by atoms with Crippen LogP contribution in [0.25, 0.3) is 16.9 Å². The van der Waals surface area contributed by atoms with E-state index in [0.717, 1.165) is 17.8 Å². The molecule has 3 heteroatoms. The lowest BCUT2D eigenvalue weighted by molar-refractivity contribution is 1.03. The van der Waals surface area contributed by atoms with Crippen molar-refractivity contribution < 1.29 is 0 Å². The Labute approximate surface area is 98.8 Å². The highest BCUT2D eigenvalue weighted by Crippen LogP contribution is 2.36. The zero-order valence-corrected chi connectivity index (χ0v) is 9.51. The van der Waals surface area contributed by atoms with Gasteiger partial charge in [0.2, 0.25) is 0 Å². The first-order valence-corrected chi connectivity index (χ1v) is 5.74. The van der Waals surface area contributed by atoms with Crippen LogP contribution in [0.4, 0.5) is 0 Å². The molecule has 0 aliphatic heterocycles. The molecule has 1 aliphatic carbocycles. The Morgan fingerprint density at radius 3 is 3.18 bits per heavy atom. The number of rotatable bonds is 0. The zero-order valence-electron chi connectivity index (χ0n) is 9.51. The molecule has 0 radical (unpaired) electrons. The van der Waals surface area contributed by atoms with Crippen LogP contribution < -0.4 is 0 Å². The molecule has 0 saturated carbocycles. The number of imidazole rings is 1. The maximum atomic E-state index is 4.68. The summed E-state index contributed by atoms with van der Waals surface area (Å²) >= 11 is 0. The molecule has 3 aromatic rings. The van der Waals surface area contributed by atoms with Gasteiger partial charge in [0.05, 0.1) is 17.6 Å². The molecular formula is C14H11N3. The van der Waals surface area contributed by atoms with E-state index in [1.807, 2.05) is 18.6 Å². The van der Waals surface area contributed by atoms with Gasteiger partial charge in [-0.25, -0.2) is 4.98 Å². The Kier molecular flexibility index (Phi) is 1.55. The third kappa shape index (κ3) is 1.11. The quantitative estimate of drug-likeness (QED) is 0.457. The van der Waals surface area contributed by atoms with Gasteiger partial charge >= 0.3 is 0 Å². The molecular weight excluding hydrogens is 210 g/mol. The zero-order chi connectivity index (χ0) is 11.4. The van der Waals surface area contributed by atoms with Gasteiger partial charge in [-0.2, -0.15) is 0 Å². The second-order valence-electron chi connectivity index (χ2n) is 4.55. The van der Waals surface area contributed by atoms with Crippen molar-refractivity contribution in [3.8, 4) is 11.3 Å². The number of aromatic nitrogens is 3. The van der Waals surface area contributed by atoms with Crippen molar-refractivity contribution >= 4 is 5.65 Å². The molecule has 2 aromatic heterocycles. The molecule has 3 nitrogen and oxygen atoms in total. The molecule has 0 fully saturated rings. The Balaban J connectivity index is 2.09. The van der Waals surface area contributed by atoms with Crippen molar-refractivity contribution in [2.75, 3.05) is 0 Å². The molecule has 0 saturated heterocycles. The van der Waals surface area contributed by atoms with Gasteiger partial charge in [0.1, 0.15) is 0 Å². The SMILES string of the molecule is Cc1ccc2c(c1)-c1nc3cnccn3c1C2. The Hall–Kier alpha value is -2.16. The van der Waals surface area contributed by atoms with Gasteiger partial charge in [-0.05, 0) is 18.6 Å². The average molecular weight is 221 g/mol. The number of fused-ring (bicyclic) bond motifs is 5. The monoisotopic (exact) mass is 221 g/mol. The summed E-state index contributed by atoms with van der Waals surface area (Å²) in [6, 6.07) is 6.60. The van der Waals surface area contributed by atoms with Gasteiger partial charge in [-0.1, -0.05) is 17.7 Å². The molecule has 0 unspecified atom stereocenters. The summed E-state index contributed by atoms with van der Waals surface area (Å²) in [6.45, 7) is 2.12. The van der Waals surface area contributed by atoms with Crippen LogP contribution in [0.3, 0.4) is 0 Å². The van der Waals surface area contributed by atoms with E-state index in [4.69, 9.17) is 0 Å². The fourth-order valence-electron chi connectivity index (χ4n) is 2.59. The first-order chi connectivity index (χ1) is 8.33. The van der Waals surface area contributed by atoms with Crippen LogP contribution in [0.5, 0.6) is 0 Å². The first kappa shape index (κ1) is 8.93. The van der Waals surface area contributed by atoms with Crippen molar-refractivity contribution in [1.29, 1.82) is 0 Å². The second-order valence-corrected chi connectivity index (χ2v) is 4.55. The minimum absolute atomic E-state index is 0.935. The van der Waals surface area contributed by atoms with E-state index in [9.17, 15) is 0 Å². The smallest absolute Gasteiger partial charge is 0.156 e.